The Balaban J connectivity index is 1.73. The molecule has 1 aromatic heterocycles. The Morgan fingerprint density at radius 1 is 1.55 bits per heavy atom. The number of nitrogens with zero attached hydrogens (tertiary/aromatic N) is 2. The Kier molecular flexibility index (Phi) is 6.39. The fourth-order valence-electron chi connectivity index (χ4n) is 2.48. The van der Waals surface area contributed by atoms with Crippen molar-refractivity contribution >= 4 is 11.9 Å². The number of hydrogen-bond acceptors (Lipinski definition) is 5. The van der Waals surface area contributed by atoms with Gasteiger partial charge in [0.1, 0.15) is 5.69 Å². The standard InChI is InChI=1S/C15H24N4O3/c1-2-22-14(20)6-4-9-17-15(21)13-7-10-19(18-13)12-5-3-8-16-11-12/h7,10,12,16H,2-6,8-9,11H2,1H3,(H,17,21). The van der Waals surface area contributed by atoms with Crippen LogP contribution in [0.4, 0.5) is 0 Å². The van der Waals surface area contributed by atoms with E-state index in [1.54, 1.807) is 13.0 Å². The highest BCUT2D eigenvalue weighted by atomic mass is 16.5. The number of hydrogen-bond donors (Lipinski definition) is 2. The topological polar surface area (TPSA) is 85.2 Å². The van der Waals surface area contributed by atoms with Gasteiger partial charge in [0.25, 0.3) is 5.91 Å². The summed E-state index contributed by atoms with van der Waals surface area (Å²) in [6, 6.07) is 2.05. The van der Waals surface area contributed by atoms with Crippen molar-refractivity contribution in [1.29, 1.82) is 0 Å². The van der Waals surface area contributed by atoms with Crippen LogP contribution < -0.4 is 10.6 Å². The van der Waals surface area contributed by atoms with Gasteiger partial charge in [0.05, 0.1) is 12.6 Å². The van der Waals surface area contributed by atoms with E-state index in [1.165, 1.54) is 0 Å². The summed E-state index contributed by atoms with van der Waals surface area (Å²) in [4.78, 5) is 23.2. The summed E-state index contributed by atoms with van der Waals surface area (Å²) in [6.07, 6.45) is 4.94. The maximum atomic E-state index is 12.0. The molecule has 1 aromatic rings. The van der Waals surface area contributed by atoms with Crippen LogP contribution in [0.1, 0.15) is 49.1 Å². The molecule has 2 heterocycles. The molecule has 0 spiro atoms. The van der Waals surface area contributed by atoms with Crippen molar-refractivity contribution in [1.82, 2.24) is 20.4 Å². The van der Waals surface area contributed by atoms with Crippen molar-refractivity contribution in [2.75, 3.05) is 26.2 Å². The van der Waals surface area contributed by atoms with Crippen LogP contribution in [-0.2, 0) is 9.53 Å². The quantitative estimate of drug-likeness (QED) is 0.577. The molecule has 7 nitrogen and oxygen atoms in total. The molecule has 122 valence electrons. The van der Waals surface area contributed by atoms with E-state index in [0.29, 0.717) is 37.7 Å². The van der Waals surface area contributed by atoms with E-state index >= 15 is 0 Å². The summed E-state index contributed by atoms with van der Waals surface area (Å²) in [7, 11) is 0. The lowest BCUT2D eigenvalue weighted by atomic mass is 10.1. The van der Waals surface area contributed by atoms with Gasteiger partial charge in [-0.1, -0.05) is 0 Å². The third kappa shape index (κ3) is 4.84. The minimum atomic E-state index is -0.231. The van der Waals surface area contributed by atoms with Crippen molar-refractivity contribution in [2.24, 2.45) is 0 Å². The molecule has 1 aliphatic heterocycles. The molecule has 0 radical (unpaired) electrons. The molecule has 1 atom stereocenters. The molecule has 1 saturated heterocycles. The van der Waals surface area contributed by atoms with Gasteiger partial charge >= 0.3 is 5.97 Å². The molecular weight excluding hydrogens is 284 g/mol. The number of ether oxygens (including phenoxy) is 1. The maximum Gasteiger partial charge on any atom is 0.305 e. The lowest BCUT2D eigenvalue weighted by Crippen LogP contribution is -2.32. The largest absolute Gasteiger partial charge is 0.466 e. The number of esters is 1. The van der Waals surface area contributed by atoms with Gasteiger partial charge in [0.2, 0.25) is 0 Å². The molecule has 1 amide bonds. The van der Waals surface area contributed by atoms with Crippen LogP contribution in [-0.4, -0.2) is 47.9 Å². The van der Waals surface area contributed by atoms with Crippen LogP contribution in [0.25, 0.3) is 0 Å². The van der Waals surface area contributed by atoms with Crippen LogP contribution in [0.15, 0.2) is 12.3 Å². The molecule has 2 N–H and O–H groups in total. The molecule has 1 fully saturated rings. The van der Waals surface area contributed by atoms with Crippen molar-refractivity contribution in [3.8, 4) is 0 Å². The second-order valence-electron chi connectivity index (χ2n) is 5.35. The lowest BCUT2D eigenvalue weighted by Gasteiger charge is -2.22. The second kappa shape index (κ2) is 8.53. The average molecular weight is 308 g/mol. The molecule has 7 heteroatoms. The van der Waals surface area contributed by atoms with E-state index in [1.807, 2.05) is 10.9 Å². The van der Waals surface area contributed by atoms with Crippen molar-refractivity contribution < 1.29 is 14.3 Å². The SMILES string of the molecule is CCOC(=O)CCCNC(=O)c1ccn(C2CCCNC2)n1. The van der Waals surface area contributed by atoms with Crippen molar-refractivity contribution in [3.63, 3.8) is 0 Å². The summed E-state index contributed by atoms with van der Waals surface area (Å²) in [5.74, 6) is -0.433. The third-order valence-corrected chi connectivity index (χ3v) is 3.63. The van der Waals surface area contributed by atoms with E-state index in [0.717, 1.165) is 25.9 Å². The molecule has 1 unspecified atom stereocenters. The first-order valence-electron chi connectivity index (χ1n) is 7.90. The van der Waals surface area contributed by atoms with E-state index in [-0.39, 0.29) is 11.9 Å². The first kappa shape index (κ1) is 16.5. The molecule has 0 aromatic carbocycles. The van der Waals surface area contributed by atoms with E-state index in [9.17, 15) is 9.59 Å². The number of aromatic nitrogens is 2. The van der Waals surface area contributed by atoms with Crippen LogP contribution in [0.2, 0.25) is 0 Å². The average Bonchev–Trinajstić information content (AvgIpc) is 3.02. The molecule has 0 aliphatic carbocycles. The van der Waals surface area contributed by atoms with E-state index in [2.05, 4.69) is 15.7 Å². The maximum absolute atomic E-state index is 12.0. The molecule has 1 aliphatic rings. The number of piperidine rings is 1. The van der Waals surface area contributed by atoms with Gasteiger partial charge in [-0.25, -0.2) is 0 Å². The lowest BCUT2D eigenvalue weighted by molar-refractivity contribution is -0.143. The Labute approximate surface area is 130 Å². The molecular formula is C15H24N4O3. The number of nitrogens with one attached hydrogen (secondary N) is 2. The van der Waals surface area contributed by atoms with Gasteiger partial charge in [-0.05, 0) is 38.8 Å². The fourth-order valence-corrected chi connectivity index (χ4v) is 2.48. The Hall–Kier alpha value is -1.89. The number of carbonyl (C=O) groups is 2. The van der Waals surface area contributed by atoms with Gasteiger partial charge in [-0.2, -0.15) is 5.10 Å². The van der Waals surface area contributed by atoms with E-state index < -0.39 is 0 Å². The number of carbonyl (C=O) groups excluding carboxylic acids is 2. The Morgan fingerprint density at radius 3 is 3.14 bits per heavy atom. The zero-order chi connectivity index (χ0) is 15.8. The Bertz CT molecular complexity index is 495. The summed E-state index contributed by atoms with van der Waals surface area (Å²) in [5.41, 5.74) is 0.418. The molecule has 0 saturated carbocycles. The highest BCUT2D eigenvalue weighted by Gasteiger charge is 2.17. The highest BCUT2D eigenvalue weighted by Crippen LogP contribution is 2.15. The minimum Gasteiger partial charge on any atom is -0.466 e. The predicted octanol–water partition coefficient (Wildman–Crippen LogP) is 0.881. The smallest absolute Gasteiger partial charge is 0.305 e. The van der Waals surface area contributed by atoms with Crippen LogP contribution >= 0.6 is 0 Å². The highest BCUT2D eigenvalue weighted by molar-refractivity contribution is 5.92. The van der Waals surface area contributed by atoms with Crippen molar-refractivity contribution in [3.05, 3.63) is 18.0 Å². The molecule has 0 bridgehead atoms. The van der Waals surface area contributed by atoms with Crippen molar-refractivity contribution in [2.45, 2.75) is 38.6 Å². The summed E-state index contributed by atoms with van der Waals surface area (Å²) >= 11 is 0. The molecule has 2 rings (SSSR count). The number of rotatable bonds is 7. The first-order chi connectivity index (χ1) is 10.7. The zero-order valence-electron chi connectivity index (χ0n) is 13.0. The predicted molar refractivity (Wildman–Crippen MR) is 81.6 cm³/mol. The number of amides is 1. The summed E-state index contributed by atoms with van der Waals surface area (Å²) < 4.78 is 6.69. The van der Waals surface area contributed by atoms with Crippen LogP contribution in [0.5, 0.6) is 0 Å². The normalized spacial score (nSPS) is 18.0. The van der Waals surface area contributed by atoms with Gasteiger partial charge < -0.3 is 15.4 Å². The zero-order valence-corrected chi connectivity index (χ0v) is 13.0. The summed E-state index contributed by atoms with van der Waals surface area (Å²) in [5, 5.41) is 10.5. The van der Waals surface area contributed by atoms with Gasteiger partial charge in [0.15, 0.2) is 0 Å². The monoisotopic (exact) mass is 308 g/mol. The van der Waals surface area contributed by atoms with Gasteiger partial charge in [-0.15, -0.1) is 0 Å². The third-order valence-electron chi connectivity index (χ3n) is 3.63. The fraction of sp³-hybridized carbons (Fsp3) is 0.667. The van der Waals surface area contributed by atoms with Gasteiger partial charge in [-0.3, -0.25) is 14.3 Å². The van der Waals surface area contributed by atoms with Gasteiger partial charge in [0, 0.05) is 25.7 Å². The first-order valence-corrected chi connectivity index (χ1v) is 7.90. The Morgan fingerprint density at radius 2 is 2.41 bits per heavy atom. The summed E-state index contributed by atoms with van der Waals surface area (Å²) in [6.45, 7) is 4.54. The minimum absolute atomic E-state index is 0.202. The van der Waals surface area contributed by atoms with Crippen LogP contribution in [0, 0.1) is 0 Å². The molecule has 22 heavy (non-hydrogen) atoms. The van der Waals surface area contributed by atoms with E-state index in [4.69, 9.17) is 4.74 Å². The second-order valence-corrected chi connectivity index (χ2v) is 5.35. The van der Waals surface area contributed by atoms with Crippen LogP contribution in [0.3, 0.4) is 0 Å².